The van der Waals surface area contributed by atoms with Crippen LogP contribution in [0, 0.1) is 12.8 Å². The predicted molar refractivity (Wildman–Crippen MR) is 67.5 cm³/mol. The highest BCUT2D eigenvalue weighted by Crippen LogP contribution is 2.31. The van der Waals surface area contributed by atoms with E-state index in [4.69, 9.17) is 23.2 Å². The van der Waals surface area contributed by atoms with Crippen molar-refractivity contribution in [2.75, 3.05) is 11.4 Å². The van der Waals surface area contributed by atoms with E-state index in [2.05, 4.69) is 0 Å². The van der Waals surface area contributed by atoms with Crippen molar-refractivity contribution in [1.29, 1.82) is 0 Å². The van der Waals surface area contributed by atoms with E-state index in [1.165, 1.54) is 0 Å². The Morgan fingerprint density at radius 1 is 1.47 bits per heavy atom. The van der Waals surface area contributed by atoms with Crippen LogP contribution in [-0.2, 0) is 9.59 Å². The van der Waals surface area contributed by atoms with E-state index in [9.17, 15) is 9.59 Å². The normalized spacial score (nSPS) is 19.8. The Morgan fingerprint density at radius 3 is 2.76 bits per heavy atom. The second-order valence-corrected chi connectivity index (χ2v) is 4.87. The molecule has 1 heterocycles. The number of carbonyl (C=O) groups is 2. The van der Waals surface area contributed by atoms with E-state index in [1.807, 2.05) is 13.0 Å². The molecule has 1 fully saturated rings. The van der Waals surface area contributed by atoms with Crippen molar-refractivity contribution in [3.05, 3.63) is 28.8 Å². The van der Waals surface area contributed by atoms with E-state index in [1.54, 1.807) is 17.0 Å². The van der Waals surface area contributed by atoms with Gasteiger partial charge in [0.15, 0.2) is 0 Å². The van der Waals surface area contributed by atoms with Crippen LogP contribution in [0.1, 0.15) is 12.0 Å². The van der Waals surface area contributed by atoms with Crippen molar-refractivity contribution in [3.8, 4) is 0 Å². The molecule has 1 atom stereocenters. The zero-order valence-corrected chi connectivity index (χ0v) is 10.8. The highest BCUT2D eigenvalue weighted by Gasteiger charge is 2.34. The highest BCUT2D eigenvalue weighted by molar-refractivity contribution is 6.64. The molecule has 1 aromatic carbocycles. The summed E-state index contributed by atoms with van der Waals surface area (Å²) in [4.78, 5) is 24.5. The summed E-state index contributed by atoms with van der Waals surface area (Å²) in [6.07, 6.45) is 0.175. The summed E-state index contributed by atoms with van der Waals surface area (Å²) in [7, 11) is 0. The number of halogens is 2. The molecule has 0 N–H and O–H groups in total. The molecule has 17 heavy (non-hydrogen) atoms. The lowest BCUT2D eigenvalue weighted by molar-refractivity contribution is -0.120. The first-order chi connectivity index (χ1) is 8.00. The van der Waals surface area contributed by atoms with Crippen molar-refractivity contribution in [3.63, 3.8) is 0 Å². The van der Waals surface area contributed by atoms with Crippen molar-refractivity contribution in [1.82, 2.24) is 0 Å². The Balaban J connectivity index is 2.32. The number of benzene rings is 1. The molecule has 2 rings (SSSR count). The summed E-state index contributed by atoms with van der Waals surface area (Å²) in [5.74, 6) is -0.503. The fourth-order valence-corrected chi connectivity index (χ4v) is 2.30. The van der Waals surface area contributed by atoms with Crippen LogP contribution < -0.4 is 4.90 Å². The van der Waals surface area contributed by atoms with Crippen molar-refractivity contribution < 1.29 is 9.59 Å². The fourth-order valence-electron chi connectivity index (χ4n) is 1.98. The Bertz CT molecular complexity index is 487. The number of nitrogens with zero attached hydrogens (tertiary/aromatic N) is 1. The fraction of sp³-hybridized carbons (Fsp3) is 0.333. The van der Waals surface area contributed by atoms with Gasteiger partial charge in [-0.05, 0) is 36.2 Å². The summed E-state index contributed by atoms with van der Waals surface area (Å²) in [5.41, 5.74) is 1.59. The van der Waals surface area contributed by atoms with Crippen molar-refractivity contribution >= 4 is 40.0 Å². The molecule has 0 bridgehead atoms. The first-order valence-electron chi connectivity index (χ1n) is 5.25. The van der Waals surface area contributed by atoms with E-state index in [0.717, 1.165) is 11.3 Å². The third kappa shape index (κ3) is 2.31. The molecule has 0 aromatic heterocycles. The average molecular weight is 272 g/mol. The summed E-state index contributed by atoms with van der Waals surface area (Å²) < 4.78 is 0. The first-order valence-corrected chi connectivity index (χ1v) is 6.01. The lowest BCUT2D eigenvalue weighted by Crippen LogP contribution is -2.25. The highest BCUT2D eigenvalue weighted by atomic mass is 35.5. The van der Waals surface area contributed by atoms with Crippen LogP contribution in [0.4, 0.5) is 5.69 Å². The van der Waals surface area contributed by atoms with Crippen LogP contribution in [0.15, 0.2) is 18.2 Å². The van der Waals surface area contributed by atoms with Gasteiger partial charge in [0, 0.05) is 23.7 Å². The number of hydrogen-bond acceptors (Lipinski definition) is 2. The van der Waals surface area contributed by atoms with Crippen molar-refractivity contribution in [2.24, 2.45) is 5.92 Å². The van der Waals surface area contributed by atoms with Crippen LogP contribution in [0.3, 0.4) is 0 Å². The van der Waals surface area contributed by atoms with E-state index < -0.39 is 11.2 Å². The van der Waals surface area contributed by atoms with Gasteiger partial charge in [0.05, 0.1) is 5.92 Å². The van der Waals surface area contributed by atoms with E-state index in [0.29, 0.717) is 11.6 Å². The molecule has 1 saturated heterocycles. The molecular weight excluding hydrogens is 261 g/mol. The Kier molecular flexibility index (Phi) is 3.40. The molecule has 1 unspecified atom stereocenters. The Hall–Kier alpha value is -1.06. The summed E-state index contributed by atoms with van der Waals surface area (Å²) in [6, 6.07) is 5.37. The van der Waals surface area contributed by atoms with Gasteiger partial charge in [-0.3, -0.25) is 9.59 Å². The topological polar surface area (TPSA) is 37.4 Å². The van der Waals surface area contributed by atoms with Gasteiger partial charge >= 0.3 is 0 Å². The zero-order chi connectivity index (χ0) is 12.6. The number of amides is 1. The van der Waals surface area contributed by atoms with Gasteiger partial charge in [-0.1, -0.05) is 17.7 Å². The lowest BCUT2D eigenvalue weighted by atomic mass is 10.1. The molecule has 3 nitrogen and oxygen atoms in total. The largest absolute Gasteiger partial charge is 0.311 e. The maximum Gasteiger partial charge on any atom is 0.227 e. The third-order valence-electron chi connectivity index (χ3n) is 2.98. The minimum Gasteiger partial charge on any atom is -0.311 e. The maximum atomic E-state index is 11.8. The number of hydrogen-bond donors (Lipinski definition) is 0. The van der Waals surface area contributed by atoms with Gasteiger partial charge in [0.1, 0.15) is 0 Å². The molecule has 1 aliphatic rings. The molecule has 1 amide bonds. The quantitative estimate of drug-likeness (QED) is 0.776. The van der Waals surface area contributed by atoms with Crippen LogP contribution >= 0.6 is 23.2 Å². The van der Waals surface area contributed by atoms with Crippen molar-refractivity contribution in [2.45, 2.75) is 13.3 Å². The molecule has 1 aromatic rings. The monoisotopic (exact) mass is 271 g/mol. The van der Waals surface area contributed by atoms with Crippen LogP contribution in [0.5, 0.6) is 0 Å². The first kappa shape index (κ1) is 12.4. The lowest BCUT2D eigenvalue weighted by Gasteiger charge is -2.19. The predicted octanol–water partition coefficient (Wildman–Crippen LogP) is 2.77. The third-order valence-corrected chi connectivity index (χ3v) is 3.69. The minimum absolute atomic E-state index is 0.0885. The molecule has 0 aliphatic carbocycles. The Labute approximate surface area is 109 Å². The molecule has 90 valence electrons. The van der Waals surface area contributed by atoms with Gasteiger partial charge in [-0.2, -0.15) is 0 Å². The maximum absolute atomic E-state index is 11.8. The van der Waals surface area contributed by atoms with E-state index >= 15 is 0 Å². The second kappa shape index (κ2) is 4.67. The minimum atomic E-state index is -0.458. The number of rotatable bonds is 2. The Morgan fingerprint density at radius 2 is 2.18 bits per heavy atom. The van der Waals surface area contributed by atoms with Gasteiger partial charge < -0.3 is 4.90 Å². The van der Waals surface area contributed by atoms with Gasteiger partial charge in [-0.15, -0.1) is 0 Å². The number of anilines is 1. The van der Waals surface area contributed by atoms with Crippen LogP contribution in [0.2, 0.25) is 5.02 Å². The van der Waals surface area contributed by atoms with Gasteiger partial charge in [-0.25, -0.2) is 0 Å². The number of carbonyl (C=O) groups excluding carboxylic acids is 2. The smallest absolute Gasteiger partial charge is 0.227 e. The second-order valence-electron chi connectivity index (χ2n) is 4.09. The van der Waals surface area contributed by atoms with Gasteiger partial charge in [0.25, 0.3) is 0 Å². The molecule has 0 saturated carbocycles. The molecule has 0 spiro atoms. The summed E-state index contributed by atoms with van der Waals surface area (Å²) in [6.45, 7) is 2.18. The van der Waals surface area contributed by atoms with E-state index in [-0.39, 0.29) is 12.3 Å². The summed E-state index contributed by atoms with van der Waals surface area (Å²) in [5, 5.41) is 0.150. The van der Waals surface area contributed by atoms with Crippen LogP contribution in [0.25, 0.3) is 0 Å². The molecule has 5 heteroatoms. The van der Waals surface area contributed by atoms with Crippen LogP contribution in [-0.4, -0.2) is 17.7 Å². The SMILES string of the molecule is Cc1c(Cl)cccc1N1CC(C(=O)Cl)CC1=O. The zero-order valence-electron chi connectivity index (χ0n) is 9.24. The standard InChI is InChI=1S/C12H11Cl2NO2/c1-7-9(13)3-2-4-10(7)15-6-8(12(14)17)5-11(15)16/h2-4,8H,5-6H2,1H3. The molecular formula is C12H11Cl2NO2. The molecule has 1 aliphatic heterocycles. The summed E-state index contributed by atoms with van der Waals surface area (Å²) >= 11 is 11.4. The van der Waals surface area contributed by atoms with Gasteiger partial charge in [0.2, 0.25) is 11.1 Å². The molecule has 0 radical (unpaired) electrons. The average Bonchev–Trinajstić information content (AvgIpc) is 2.65.